The highest BCUT2D eigenvalue weighted by atomic mass is 35.5. The van der Waals surface area contributed by atoms with Gasteiger partial charge < -0.3 is 10.2 Å². The number of amides is 1. The number of nitrogens with zero attached hydrogens (tertiary/aromatic N) is 1. The number of likely N-dealkylation sites (N-methyl/N-ethyl adjacent to an activating group) is 1. The van der Waals surface area contributed by atoms with Gasteiger partial charge in [-0.05, 0) is 20.8 Å². The van der Waals surface area contributed by atoms with Crippen LogP contribution < -0.4 is 5.32 Å². The van der Waals surface area contributed by atoms with Gasteiger partial charge in [0.1, 0.15) is 0 Å². The van der Waals surface area contributed by atoms with Gasteiger partial charge in [-0.2, -0.15) is 0 Å². The van der Waals surface area contributed by atoms with Gasteiger partial charge in [0.15, 0.2) is 0 Å². The van der Waals surface area contributed by atoms with Crippen molar-refractivity contribution < 1.29 is 4.79 Å². The molecule has 4 heteroatoms. The van der Waals surface area contributed by atoms with E-state index < -0.39 is 0 Å². The van der Waals surface area contributed by atoms with Gasteiger partial charge >= 0.3 is 0 Å². The maximum Gasteiger partial charge on any atom is 0.239 e. The summed E-state index contributed by atoms with van der Waals surface area (Å²) in [5.41, 5.74) is 0. The Morgan fingerprint density at radius 1 is 1.50 bits per heavy atom. The molecule has 0 radical (unpaired) electrons. The fourth-order valence-corrected chi connectivity index (χ4v) is 1.24. The molecule has 0 spiro atoms. The number of hydrogen-bond donors (Lipinski definition) is 1. The lowest BCUT2D eigenvalue weighted by molar-refractivity contribution is -0.132. The molecule has 82 valence electrons. The number of halogens is 1. The van der Waals surface area contributed by atoms with Crippen LogP contribution in [0.2, 0.25) is 0 Å². The van der Waals surface area contributed by atoms with Crippen molar-refractivity contribution in [3.63, 3.8) is 0 Å². The minimum atomic E-state index is -0.203. The van der Waals surface area contributed by atoms with E-state index in [1.54, 1.807) is 4.90 Å². The van der Waals surface area contributed by atoms with Gasteiger partial charge in [0.05, 0.1) is 6.04 Å². The van der Waals surface area contributed by atoms with Crippen molar-refractivity contribution in [3.05, 3.63) is 11.6 Å². The third-order valence-electron chi connectivity index (χ3n) is 2.05. The van der Waals surface area contributed by atoms with Gasteiger partial charge in [0, 0.05) is 24.7 Å². The highest BCUT2D eigenvalue weighted by molar-refractivity contribution is 6.29. The molecule has 1 N–H and O–H groups in total. The van der Waals surface area contributed by atoms with Crippen molar-refractivity contribution in [2.75, 3.05) is 19.6 Å². The van der Waals surface area contributed by atoms with Gasteiger partial charge in [-0.15, -0.1) is 0 Å². The van der Waals surface area contributed by atoms with E-state index in [4.69, 9.17) is 11.6 Å². The summed E-state index contributed by atoms with van der Waals surface area (Å²) < 4.78 is 0. The molecule has 3 nitrogen and oxygen atoms in total. The first kappa shape index (κ1) is 13.5. The smallest absolute Gasteiger partial charge is 0.239 e. The Morgan fingerprint density at radius 2 is 2.00 bits per heavy atom. The number of hydrogen-bond acceptors (Lipinski definition) is 2. The summed E-state index contributed by atoms with van der Waals surface area (Å²) >= 11 is 5.59. The summed E-state index contributed by atoms with van der Waals surface area (Å²) in [6, 6.07) is -0.203. The molecule has 0 saturated carbocycles. The summed E-state index contributed by atoms with van der Waals surface area (Å²) in [4.78, 5) is 13.5. The quantitative estimate of drug-likeness (QED) is 0.735. The minimum Gasteiger partial charge on any atom is -0.342 e. The summed E-state index contributed by atoms with van der Waals surface area (Å²) in [6.45, 7) is 11.3. The lowest BCUT2D eigenvalue weighted by Gasteiger charge is -2.23. The van der Waals surface area contributed by atoms with Crippen molar-refractivity contribution in [3.8, 4) is 0 Å². The molecule has 0 fully saturated rings. The molecule has 0 aromatic heterocycles. The van der Waals surface area contributed by atoms with E-state index >= 15 is 0 Å². The molecule has 0 heterocycles. The van der Waals surface area contributed by atoms with Gasteiger partial charge in [-0.1, -0.05) is 18.2 Å². The molecule has 0 aliphatic carbocycles. The normalized spacial score (nSPS) is 12.3. The third kappa shape index (κ3) is 4.63. The Labute approximate surface area is 91.1 Å². The van der Waals surface area contributed by atoms with Crippen LogP contribution in [0.25, 0.3) is 0 Å². The molecule has 1 atom stereocenters. The Morgan fingerprint density at radius 3 is 2.36 bits per heavy atom. The molecule has 14 heavy (non-hydrogen) atoms. The number of rotatable bonds is 6. The zero-order chi connectivity index (χ0) is 11.1. The molecular weight excluding hydrogens is 200 g/mol. The first-order valence-electron chi connectivity index (χ1n) is 4.88. The van der Waals surface area contributed by atoms with Crippen LogP contribution in [0.1, 0.15) is 20.8 Å². The van der Waals surface area contributed by atoms with Gasteiger partial charge in [-0.25, -0.2) is 0 Å². The Kier molecular flexibility index (Phi) is 6.58. The maximum absolute atomic E-state index is 11.7. The van der Waals surface area contributed by atoms with Crippen molar-refractivity contribution in [1.82, 2.24) is 10.2 Å². The molecule has 0 aromatic rings. The summed E-state index contributed by atoms with van der Waals surface area (Å²) in [5, 5.41) is 3.53. The van der Waals surface area contributed by atoms with Crippen LogP contribution in [0.15, 0.2) is 11.6 Å². The van der Waals surface area contributed by atoms with Crippen LogP contribution in [0, 0.1) is 0 Å². The minimum absolute atomic E-state index is 0.105. The molecule has 0 aliphatic rings. The Hall–Kier alpha value is -0.540. The van der Waals surface area contributed by atoms with E-state index in [0.717, 1.165) is 13.1 Å². The topological polar surface area (TPSA) is 32.3 Å². The van der Waals surface area contributed by atoms with Crippen molar-refractivity contribution >= 4 is 17.5 Å². The molecule has 1 unspecified atom stereocenters. The maximum atomic E-state index is 11.7. The average molecular weight is 219 g/mol. The van der Waals surface area contributed by atoms with E-state index in [-0.39, 0.29) is 11.9 Å². The summed E-state index contributed by atoms with van der Waals surface area (Å²) in [6.07, 6.45) is 0. The largest absolute Gasteiger partial charge is 0.342 e. The van der Waals surface area contributed by atoms with E-state index in [1.807, 2.05) is 20.8 Å². The average Bonchev–Trinajstić information content (AvgIpc) is 2.15. The zero-order valence-corrected chi connectivity index (χ0v) is 9.90. The van der Waals surface area contributed by atoms with Gasteiger partial charge in [-0.3, -0.25) is 4.79 Å². The van der Waals surface area contributed by atoms with Crippen LogP contribution in [0.3, 0.4) is 0 Å². The second-order valence-corrected chi connectivity index (χ2v) is 3.66. The first-order chi connectivity index (χ1) is 6.52. The molecule has 0 saturated heterocycles. The summed E-state index contributed by atoms with van der Waals surface area (Å²) in [5.74, 6) is 0.105. The molecule has 1 amide bonds. The predicted octanol–water partition coefficient (Wildman–Crippen LogP) is 1.59. The van der Waals surface area contributed by atoms with E-state index in [1.165, 1.54) is 0 Å². The van der Waals surface area contributed by atoms with Crippen LogP contribution >= 0.6 is 11.6 Å². The van der Waals surface area contributed by atoms with Gasteiger partial charge in [0.25, 0.3) is 0 Å². The number of nitrogens with one attached hydrogen (secondary N) is 1. The predicted molar refractivity (Wildman–Crippen MR) is 60.4 cm³/mol. The number of carbonyl (C=O) groups is 1. The highest BCUT2D eigenvalue weighted by Crippen LogP contribution is 1.97. The fraction of sp³-hybridized carbons (Fsp3) is 0.700. The molecule has 0 bridgehead atoms. The lowest BCUT2D eigenvalue weighted by atomic mass is 10.3. The standard InChI is InChI=1S/C10H19ClN2O/c1-5-13(6-2)10(14)9(4)12-7-8(3)11/h9,12H,3,5-7H2,1-2,4H3. The van der Waals surface area contributed by atoms with Crippen LogP contribution in [0.4, 0.5) is 0 Å². The lowest BCUT2D eigenvalue weighted by Crippen LogP contribution is -2.45. The molecule has 0 aromatic carbocycles. The molecular formula is C10H19ClN2O. The van der Waals surface area contributed by atoms with E-state index in [9.17, 15) is 4.79 Å². The second kappa shape index (κ2) is 6.85. The third-order valence-corrected chi connectivity index (χ3v) is 2.18. The SMILES string of the molecule is C=C(Cl)CNC(C)C(=O)N(CC)CC. The Bertz CT molecular complexity index is 202. The fourth-order valence-electron chi connectivity index (χ4n) is 1.16. The number of carbonyl (C=O) groups excluding carboxylic acids is 1. The monoisotopic (exact) mass is 218 g/mol. The summed E-state index contributed by atoms with van der Waals surface area (Å²) in [7, 11) is 0. The van der Waals surface area contributed by atoms with Gasteiger partial charge in [0.2, 0.25) is 5.91 Å². The zero-order valence-electron chi connectivity index (χ0n) is 9.14. The van der Waals surface area contributed by atoms with Crippen LogP contribution in [0.5, 0.6) is 0 Å². The second-order valence-electron chi connectivity index (χ2n) is 3.13. The van der Waals surface area contributed by atoms with Crippen molar-refractivity contribution in [2.24, 2.45) is 0 Å². The van der Waals surface area contributed by atoms with Crippen molar-refractivity contribution in [2.45, 2.75) is 26.8 Å². The Balaban J connectivity index is 4.03. The molecule has 0 rings (SSSR count). The van der Waals surface area contributed by atoms with Crippen LogP contribution in [-0.2, 0) is 4.79 Å². The van der Waals surface area contributed by atoms with E-state index in [0.29, 0.717) is 11.6 Å². The molecule has 0 aliphatic heterocycles. The van der Waals surface area contributed by atoms with E-state index in [2.05, 4.69) is 11.9 Å². The first-order valence-corrected chi connectivity index (χ1v) is 5.26. The van der Waals surface area contributed by atoms with Crippen LogP contribution in [-0.4, -0.2) is 36.5 Å². The van der Waals surface area contributed by atoms with Crippen molar-refractivity contribution in [1.29, 1.82) is 0 Å². The highest BCUT2D eigenvalue weighted by Gasteiger charge is 2.16.